The van der Waals surface area contributed by atoms with E-state index in [1.165, 1.54) is 0 Å². The van der Waals surface area contributed by atoms with Gasteiger partial charge >= 0.3 is 11.9 Å². The predicted octanol–water partition coefficient (Wildman–Crippen LogP) is 1.24. The van der Waals surface area contributed by atoms with Gasteiger partial charge in [0.2, 0.25) is 6.29 Å². The molecule has 57 heavy (non-hydrogen) atoms. The van der Waals surface area contributed by atoms with Crippen molar-refractivity contribution < 1.29 is 74.5 Å². The average Bonchev–Trinajstić information content (AvgIpc) is 3.16. The second-order valence-electron chi connectivity index (χ2n) is 20.0. The summed E-state index contributed by atoms with van der Waals surface area (Å²) in [5.74, 6) is -1.90. The summed E-state index contributed by atoms with van der Waals surface area (Å²) in [7, 11) is 0. The van der Waals surface area contributed by atoms with Crippen molar-refractivity contribution in [1.29, 1.82) is 0 Å². The van der Waals surface area contributed by atoms with Gasteiger partial charge in [-0.3, -0.25) is 9.59 Å². The van der Waals surface area contributed by atoms with Gasteiger partial charge in [-0.15, -0.1) is 0 Å². The molecule has 0 bridgehead atoms. The van der Waals surface area contributed by atoms with Crippen molar-refractivity contribution in [3.05, 3.63) is 11.6 Å². The Balaban J connectivity index is 1.20. The monoisotopic (exact) mass is 810 g/mol. The maximum absolute atomic E-state index is 14.6. The largest absolute Gasteiger partial charge is 0.481 e. The molecule has 324 valence electrons. The molecular weight excluding hydrogens is 744 g/mol. The molecule has 3 unspecified atom stereocenters. The number of ether oxygens (including phenoxy) is 4. The van der Waals surface area contributed by atoms with Crippen LogP contribution in [0.3, 0.4) is 0 Å². The number of carbonyl (C=O) groups excluding carboxylic acids is 1. The molecule has 5 aliphatic carbocycles. The van der Waals surface area contributed by atoms with Gasteiger partial charge in [-0.25, -0.2) is 0 Å². The molecule has 0 aromatic carbocycles. The van der Waals surface area contributed by atoms with Crippen LogP contribution in [-0.4, -0.2) is 139 Å². The van der Waals surface area contributed by atoms with Crippen LogP contribution in [-0.2, 0) is 28.5 Å². The summed E-state index contributed by atoms with van der Waals surface area (Å²) < 4.78 is 23.7. The van der Waals surface area contributed by atoms with E-state index >= 15 is 0 Å². The second-order valence-corrected chi connectivity index (χ2v) is 20.0. The number of aliphatic hydroxyl groups is 8. The van der Waals surface area contributed by atoms with Crippen LogP contribution in [0.4, 0.5) is 0 Å². The summed E-state index contributed by atoms with van der Waals surface area (Å²) in [6, 6.07) is 0. The number of allylic oxidation sites excluding steroid dienone is 1. The maximum Gasteiger partial charge on any atom is 0.315 e. The van der Waals surface area contributed by atoms with Crippen LogP contribution in [0.1, 0.15) is 99.3 Å². The number of aliphatic carboxylic acids is 1. The van der Waals surface area contributed by atoms with Crippen LogP contribution >= 0.6 is 0 Å². The second kappa shape index (κ2) is 15.0. The number of esters is 1. The number of aliphatic hydroxyl groups excluding tert-OH is 8. The van der Waals surface area contributed by atoms with E-state index in [2.05, 4.69) is 47.6 Å². The number of carboxylic acid groups (broad SMARTS) is 1. The quantitative estimate of drug-likeness (QED) is 0.0997. The van der Waals surface area contributed by atoms with E-state index in [4.69, 9.17) is 18.9 Å². The Kier molecular flexibility index (Phi) is 11.4. The van der Waals surface area contributed by atoms with Crippen LogP contribution in [0.5, 0.6) is 0 Å². The first-order valence-corrected chi connectivity index (χ1v) is 21.1. The van der Waals surface area contributed by atoms with E-state index < -0.39 is 120 Å². The molecule has 9 N–H and O–H groups in total. The lowest BCUT2D eigenvalue weighted by Crippen LogP contribution is -2.68. The van der Waals surface area contributed by atoms with Gasteiger partial charge in [0, 0.05) is 0 Å². The average molecular weight is 811 g/mol. The summed E-state index contributed by atoms with van der Waals surface area (Å²) in [5.41, 5.74) is -3.12. The van der Waals surface area contributed by atoms with Gasteiger partial charge in [-0.05, 0) is 104 Å². The third kappa shape index (κ3) is 6.14. The Morgan fingerprint density at radius 1 is 0.737 bits per heavy atom. The Morgan fingerprint density at radius 3 is 1.93 bits per heavy atom. The fourth-order valence-electron chi connectivity index (χ4n) is 13.9. The molecule has 2 saturated heterocycles. The summed E-state index contributed by atoms with van der Waals surface area (Å²) in [6.07, 6.45) is -8.38. The number of carbonyl (C=O) groups is 2. The minimum absolute atomic E-state index is 0.0408. The van der Waals surface area contributed by atoms with E-state index in [9.17, 15) is 55.5 Å². The van der Waals surface area contributed by atoms with Crippen LogP contribution in [0.2, 0.25) is 0 Å². The highest BCUT2D eigenvalue weighted by atomic mass is 16.7. The summed E-state index contributed by atoms with van der Waals surface area (Å²) in [4.78, 5) is 28.8. The summed E-state index contributed by atoms with van der Waals surface area (Å²) >= 11 is 0. The first-order valence-electron chi connectivity index (χ1n) is 21.1. The molecule has 15 heteroatoms. The molecule has 0 spiro atoms. The Morgan fingerprint density at radius 2 is 1.33 bits per heavy atom. The van der Waals surface area contributed by atoms with E-state index in [1.807, 2.05) is 0 Å². The van der Waals surface area contributed by atoms with E-state index in [0.717, 1.165) is 5.57 Å². The normalized spacial score (nSPS) is 53.3. The molecular formula is C42H66O15. The van der Waals surface area contributed by atoms with Gasteiger partial charge in [0.25, 0.3) is 0 Å². The minimum Gasteiger partial charge on any atom is -0.481 e. The van der Waals surface area contributed by atoms with Crippen molar-refractivity contribution in [3.8, 4) is 0 Å². The molecule has 7 rings (SSSR count). The number of fused-ring (bicyclic) bond motifs is 7. The predicted molar refractivity (Wildman–Crippen MR) is 199 cm³/mol. The Labute approximate surface area is 334 Å². The highest BCUT2D eigenvalue weighted by Gasteiger charge is 2.74. The maximum atomic E-state index is 14.6. The molecule has 0 amide bonds. The van der Waals surface area contributed by atoms with Gasteiger partial charge < -0.3 is 64.9 Å². The Hall–Kier alpha value is -1.76. The lowest BCUT2D eigenvalue weighted by Gasteiger charge is -2.70. The van der Waals surface area contributed by atoms with Crippen molar-refractivity contribution in [1.82, 2.24) is 0 Å². The van der Waals surface area contributed by atoms with Crippen molar-refractivity contribution in [2.75, 3.05) is 13.2 Å². The Bertz CT molecular complexity index is 1570. The third-order valence-corrected chi connectivity index (χ3v) is 17.4. The number of rotatable bonds is 7. The smallest absolute Gasteiger partial charge is 0.315 e. The molecule has 15 nitrogen and oxygen atoms in total. The fourth-order valence-corrected chi connectivity index (χ4v) is 13.9. The van der Waals surface area contributed by atoms with Crippen LogP contribution in [0.25, 0.3) is 0 Å². The van der Waals surface area contributed by atoms with E-state index in [0.29, 0.717) is 44.9 Å². The molecule has 0 aromatic rings. The third-order valence-electron chi connectivity index (χ3n) is 17.4. The van der Waals surface area contributed by atoms with Crippen molar-refractivity contribution in [3.63, 3.8) is 0 Å². The zero-order valence-corrected chi connectivity index (χ0v) is 34.1. The summed E-state index contributed by atoms with van der Waals surface area (Å²) in [6.45, 7) is 11.7. The first-order chi connectivity index (χ1) is 26.7. The molecule has 6 fully saturated rings. The van der Waals surface area contributed by atoms with Crippen molar-refractivity contribution in [2.45, 2.75) is 167 Å². The van der Waals surface area contributed by atoms with Gasteiger partial charge in [-0.2, -0.15) is 0 Å². The van der Waals surface area contributed by atoms with Crippen LogP contribution in [0.15, 0.2) is 11.6 Å². The molecule has 7 aliphatic rings. The van der Waals surface area contributed by atoms with Gasteiger partial charge in [0.15, 0.2) is 6.29 Å². The fraction of sp³-hybridized carbons (Fsp3) is 0.905. The number of hydrogen-bond donors (Lipinski definition) is 9. The molecule has 0 aromatic heterocycles. The van der Waals surface area contributed by atoms with Gasteiger partial charge in [-0.1, -0.05) is 53.2 Å². The standard InChI is InChI=1S/C42H66O15/c1-19-9-14-41(37(53)57-35-33(50)31(48)29(46)23(18-44)55-35)15-16-42(36(51)52)21(27(41)20(19)2)7-8-25-39(5)12-11-26(38(3,4)24(39)10-13-40(25,42)6)56-34-32(49)30(47)28(45)22(17-43)54-34/h7,19-20,22-35,43-50H,8-18H2,1-6H3,(H,51,52)/t19-,20+,22-,23-,24?,25?,26+,27?,28-,29-,30+,31+,32-,33-,34+,35+,39+,40-,41+,42-/m1/s1. The van der Waals surface area contributed by atoms with Crippen molar-refractivity contribution in [2.24, 2.45) is 56.7 Å². The molecule has 0 radical (unpaired) electrons. The highest BCUT2D eigenvalue weighted by Crippen LogP contribution is 2.76. The van der Waals surface area contributed by atoms with E-state index in [1.54, 1.807) is 0 Å². The number of hydrogen-bond acceptors (Lipinski definition) is 14. The van der Waals surface area contributed by atoms with Crippen LogP contribution in [0, 0.1) is 56.7 Å². The minimum atomic E-state index is -1.75. The lowest BCUT2D eigenvalue weighted by atomic mass is 9.33. The SMILES string of the molecule is C[C@@H]1CC[C@]2(C(=O)O[C@@H]3O[C@H](CO)[C@@H](O)[C@H](O)[C@H]3O)CC[C@]3(C(=O)O)C(=CCC4[C@@]5(C)CC[C@H](O[C@@H]6O[C@H](CO)[C@@H](O)[C@H](O)[C@H]6O)C(C)(C)C5CC[C@]43C)C2[C@H]1C. The molecule has 2 heterocycles. The number of carboxylic acids is 1. The van der Waals surface area contributed by atoms with Crippen molar-refractivity contribution >= 4 is 11.9 Å². The van der Waals surface area contributed by atoms with Gasteiger partial charge in [0.05, 0.1) is 30.1 Å². The highest BCUT2D eigenvalue weighted by molar-refractivity contribution is 5.85. The first kappa shape index (κ1) is 43.3. The summed E-state index contributed by atoms with van der Waals surface area (Å²) in [5, 5.41) is 94.3. The van der Waals surface area contributed by atoms with E-state index in [-0.39, 0.29) is 41.9 Å². The molecule has 2 aliphatic heterocycles. The zero-order valence-electron chi connectivity index (χ0n) is 34.1. The zero-order chi connectivity index (χ0) is 41.8. The molecule has 4 saturated carbocycles. The van der Waals surface area contributed by atoms with Crippen LogP contribution < -0.4 is 0 Å². The lowest BCUT2D eigenvalue weighted by molar-refractivity contribution is -0.330. The topological polar surface area (TPSA) is 253 Å². The van der Waals surface area contributed by atoms with Gasteiger partial charge in [0.1, 0.15) is 48.8 Å². The molecule has 20 atom stereocenters.